The largest absolute Gasteiger partial charge is 0.508 e. The highest BCUT2D eigenvalue weighted by molar-refractivity contribution is 5.48. The number of hydrogen-bond donors (Lipinski definition) is 2. The van der Waals surface area contributed by atoms with Crippen molar-refractivity contribution in [3.63, 3.8) is 0 Å². The summed E-state index contributed by atoms with van der Waals surface area (Å²) in [5.74, 6) is 6.67. The van der Waals surface area contributed by atoms with Crippen LogP contribution in [0, 0.1) is 23.7 Å². The summed E-state index contributed by atoms with van der Waals surface area (Å²) < 4.78 is 12.1. The molecule has 3 aliphatic rings. The van der Waals surface area contributed by atoms with E-state index >= 15 is 0 Å². The molecule has 4 heteroatoms. The van der Waals surface area contributed by atoms with Gasteiger partial charge in [-0.25, -0.2) is 0 Å². The second-order valence-electron chi connectivity index (χ2n) is 11.3. The molecular formula is C34H32O4. The summed E-state index contributed by atoms with van der Waals surface area (Å²) in [5, 5.41) is 19.1. The maximum absolute atomic E-state index is 9.56. The number of phenolic OH excluding ortho intramolecular Hbond substituents is 2. The molecule has 0 saturated heterocycles. The van der Waals surface area contributed by atoms with Gasteiger partial charge in [0, 0.05) is 5.41 Å². The minimum Gasteiger partial charge on any atom is -0.508 e. The van der Waals surface area contributed by atoms with Gasteiger partial charge in [0.1, 0.15) is 34.5 Å². The predicted octanol–water partition coefficient (Wildman–Crippen LogP) is 8.42. The average Bonchev–Trinajstić information content (AvgIpc) is 3.66. The minimum atomic E-state index is 0.00427. The summed E-state index contributed by atoms with van der Waals surface area (Å²) in [6.07, 6.45) is 6.66. The number of fused-ring (bicyclic) bond motifs is 5. The fourth-order valence-corrected chi connectivity index (χ4v) is 7.92. The first-order valence-corrected chi connectivity index (χ1v) is 13.7. The molecule has 0 aliphatic heterocycles. The van der Waals surface area contributed by atoms with Gasteiger partial charge in [-0.2, -0.15) is 0 Å². The summed E-state index contributed by atoms with van der Waals surface area (Å²) in [6.45, 7) is 0. The minimum absolute atomic E-state index is 0.00427. The van der Waals surface area contributed by atoms with Gasteiger partial charge in [0.25, 0.3) is 0 Å². The van der Waals surface area contributed by atoms with E-state index in [0.29, 0.717) is 17.4 Å². The molecular weight excluding hydrogens is 472 g/mol. The van der Waals surface area contributed by atoms with Crippen LogP contribution >= 0.6 is 0 Å². The van der Waals surface area contributed by atoms with Gasteiger partial charge in [-0.1, -0.05) is 30.7 Å². The number of rotatable bonds is 6. The number of phenols is 2. The molecule has 0 amide bonds. The first-order valence-electron chi connectivity index (χ1n) is 13.7. The summed E-state index contributed by atoms with van der Waals surface area (Å²) in [4.78, 5) is 0. The van der Waals surface area contributed by atoms with Crippen molar-refractivity contribution in [1.29, 1.82) is 0 Å². The predicted molar refractivity (Wildman–Crippen MR) is 147 cm³/mol. The average molecular weight is 505 g/mol. The van der Waals surface area contributed by atoms with E-state index in [-0.39, 0.29) is 16.9 Å². The Bertz CT molecular complexity index is 1320. The molecule has 2 N–H and O–H groups in total. The van der Waals surface area contributed by atoms with E-state index in [0.717, 1.165) is 29.3 Å². The van der Waals surface area contributed by atoms with Crippen LogP contribution in [0.15, 0.2) is 97.1 Å². The quantitative estimate of drug-likeness (QED) is 0.277. The number of aromatic hydroxyl groups is 2. The van der Waals surface area contributed by atoms with Crippen LogP contribution in [-0.4, -0.2) is 10.2 Å². The molecule has 7 rings (SSSR count). The highest BCUT2D eigenvalue weighted by Gasteiger charge is 2.61. The second-order valence-corrected chi connectivity index (χ2v) is 11.3. The molecule has 38 heavy (non-hydrogen) atoms. The molecule has 0 spiro atoms. The van der Waals surface area contributed by atoms with Crippen molar-refractivity contribution >= 4 is 0 Å². The molecule has 2 bridgehead atoms. The lowest BCUT2D eigenvalue weighted by Gasteiger charge is -2.44. The van der Waals surface area contributed by atoms with Crippen LogP contribution in [0.1, 0.15) is 43.2 Å². The monoisotopic (exact) mass is 504 g/mol. The fourth-order valence-electron chi connectivity index (χ4n) is 7.92. The third-order valence-electron chi connectivity index (χ3n) is 9.40. The van der Waals surface area contributed by atoms with Crippen molar-refractivity contribution < 1.29 is 19.7 Å². The molecule has 4 atom stereocenters. The Morgan fingerprint density at radius 1 is 0.553 bits per heavy atom. The third-order valence-corrected chi connectivity index (χ3v) is 9.40. The Morgan fingerprint density at radius 2 is 0.974 bits per heavy atom. The molecule has 4 nitrogen and oxygen atoms in total. The summed E-state index contributed by atoms with van der Waals surface area (Å²) in [5.41, 5.74) is 2.76. The number of ether oxygens (including phenoxy) is 2. The zero-order valence-electron chi connectivity index (χ0n) is 21.3. The van der Waals surface area contributed by atoms with E-state index < -0.39 is 0 Å². The lowest BCUT2D eigenvalue weighted by Crippen LogP contribution is -2.40. The van der Waals surface area contributed by atoms with Gasteiger partial charge in [-0.05, 0) is 133 Å². The molecule has 0 heterocycles. The molecule has 4 aromatic rings. The Morgan fingerprint density at radius 3 is 1.45 bits per heavy atom. The highest BCUT2D eigenvalue weighted by Crippen LogP contribution is 2.68. The van der Waals surface area contributed by atoms with Crippen LogP contribution < -0.4 is 9.47 Å². The third kappa shape index (κ3) is 3.91. The maximum Gasteiger partial charge on any atom is 0.127 e. The van der Waals surface area contributed by atoms with Crippen LogP contribution in [0.4, 0.5) is 0 Å². The first-order chi connectivity index (χ1) is 18.6. The SMILES string of the molecule is Oc1ccc(Oc2ccc(C3(c4ccc(Oc5ccc(O)cc5)cc4)CC4CC3C3CCCC43)cc2)cc1. The van der Waals surface area contributed by atoms with Gasteiger partial charge in [0.05, 0.1) is 0 Å². The Balaban J connectivity index is 1.21. The van der Waals surface area contributed by atoms with Crippen LogP contribution in [0.3, 0.4) is 0 Å². The van der Waals surface area contributed by atoms with Crippen molar-refractivity contribution in [3.8, 4) is 34.5 Å². The van der Waals surface area contributed by atoms with Gasteiger partial charge in [-0.3, -0.25) is 0 Å². The van der Waals surface area contributed by atoms with Crippen LogP contribution in [0.5, 0.6) is 34.5 Å². The lowest BCUT2D eigenvalue weighted by molar-refractivity contribution is 0.181. The van der Waals surface area contributed by atoms with Gasteiger partial charge in [-0.15, -0.1) is 0 Å². The van der Waals surface area contributed by atoms with Gasteiger partial charge in [0.2, 0.25) is 0 Å². The van der Waals surface area contributed by atoms with Crippen molar-refractivity contribution in [3.05, 3.63) is 108 Å². The summed E-state index contributed by atoms with van der Waals surface area (Å²) in [6, 6.07) is 31.1. The van der Waals surface area contributed by atoms with Gasteiger partial charge in [0.15, 0.2) is 0 Å². The van der Waals surface area contributed by atoms with E-state index in [9.17, 15) is 10.2 Å². The molecule has 3 aliphatic carbocycles. The molecule has 3 saturated carbocycles. The maximum atomic E-state index is 9.56. The van der Waals surface area contributed by atoms with E-state index in [4.69, 9.17) is 9.47 Å². The van der Waals surface area contributed by atoms with Crippen LogP contribution in [0.25, 0.3) is 0 Å². The smallest absolute Gasteiger partial charge is 0.127 e. The standard InChI is InChI=1S/C34H32O4/c35-25-8-16-29(17-9-25)37-27-12-4-23(5-13-27)34(21-22-20-33(34)32-3-1-2-31(22)32)24-6-14-28(15-7-24)38-30-18-10-26(36)11-19-30/h4-19,22,31-33,35-36H,1-3,20-21H2. The summed E-state index contributed by atoms with van der Waals surface area (Å²) in [7, 11) is 0. The fraction of sp³-hybridized carbons (Fsp3) is 0.294. The number of hydrogen-bond acceptors (Lipinski definition) is 4. The Labute approximate surface area is 223 Å². The highest BCUT2D eigenvalue weighted by atomic mass is 16.5. The van der Waals surface area contributed by atoms with E-state index in [1.165, 1.54) is 43.2 Å². The van der Waals surface area contributed by atoms with Crippen molar-refractivity contribution in [1.82, 2.24) is 0 Å². The lowest BCUT2D eigenvalue weighted by atomic mass is 9.59. The van der Waals surface area contributed by atoms with Crippen LogP contribution in [0.2, 0.25) is 0 Å². The summed E-state index contributed by atoms with van der Waals surface area (Å²) >= 11 is 0. The molecule has 0 radical (unpaired) electrons. The first kappa shape index (κ1) is 23.2. The zero-order valence-corrected chi connectivity index (χ0v) is 21.3. The second kappa shape index (κ2) is 9.13. The zero-order chi connectivity index (χ0) is 25.7. The Hall–Kier alpha value is -3.92. The molecule has 192 valence electrons. The van der Waals surface area contributed by atoms with E-state index in [1.54, 1.807) is 48.5 Å². The van der Waals surface area contributed by atoms with Gasteiger partial charge >= 0.3 is 0 Å². The normalized spacial score (nSPS) is 24.7. The van der Waals surface area contributed by atoms with Crippen molar-refractivity contribution in [2.45, 2.75) is 37.5 Å². The van der Waals surface area contributed by atoms with Crippen LogP contribution in [-0.2, 0) is 5.41 Å². The van der Waals surface area contributed by atoms with Crippen molar-refractivity contribution in [2.24, 2.45) is 23.7 Å². The van der Waals surface area contributed by atoms with E-state index in [2.05, 4.69) is 48.5 Å². The van der Waals surface area contributed by atoms with Crippen molar-refractivity contribution in [2.75, 3.05) is 0 Å². The Kier molecular flexibility index (Phi) is 5.57. The molecule has 4 aromatic carbocycles. The molecule has 3 fully saturated rings. The number of benzene rings is 4. The molecule has 0 aromatic heterocycles. The topological polar surface area (TPSA) is 58.9 Å². The molecule has 4 unspecified atom stereocenters. The van der Waals surface area contributed by atoms with E-state index in [1.807, 2.05) is 0 Å². The van der Waals surface area contributed by atoms with Gasteiger partial charge < -0.3 is 19.7 Å².